The predicted molar refractivity (Wildman–Crippen MR) is 44.4 cm³/mol. The maximum Gasteiger partial charge on any atom is 0.389 e. The van der Waals surface area contributed by atoms with E-state index in [0.29, 0.717) is 0 Å². The van der Waals surface area contributed by atoms with Gasteiger partial charge in [-0.1, -0.05) is 13.8 Å². The Morgan fingerprint density at radius 3 is 1.07 bits per heavy atom. The summed E-state index contributed by atoms with van der Waals surface area (Å²) in [5.41, 5.74) is -0.926. The summed E-state index contributed by atoms with van der Waals surface area (Å²) in [5.74, 6) is 0. The molecule has 0 aromatic heterocycles. The SMILES string of the molecule is CC(C)(CCC(F)(F)F)CCC(F)(F)F. The normalized spacial score (nSPS) is 14.4. The van der Waals surface area contributed by atoms with Crippen molar-refractivity contribution < 1.29 is 26.3 Å². The minimum atomic E-state index is -4.30. The highest BCUT2D eigenvalue weighted by Crippen LogP contribution is 2.36. The summed E-state index contributed by atoms with van der Waals surface area (Å²) < 4.78 is 71.0. The van der Waals surface area contributed by atoms with Crippen molar-refractivity contribution in [3.63, 3.8) is 0 Å². The maximum atomic E-state index is 11.8. The molecule has 0 aliphatic heterocycles. The lowest BCUT2D eigenvalue weighted by molar-refractivity contribution is -0.148. The lowest BCUT2D eigenvalue weighted by Gasteiger charge is -2.25. The van der Waals surface area contributed by atoms with Crippen LogP contribution in [0.3, 0.4) is 0 Å². The second-order valence-electron chi connectivity index (χ2n) is 4.39. The molecule has 0 aromatic rings. The van der Waals surface area contributed by atoms with Crippen molar-refractivity contribution >= 4 is 0 Å². The molecule has 15 heavy (non-hydrogen) atoms. The van der Waals surface area contributed by atoms with Crippen molar-refractivity contribution in [2.75, 3.05) is 0 Å². The largest absolute Gasteiger partial charge is 0.389 e. The lowest BCUT2D eigenvalue weighted by atomic mass is 9.83. The van der Waals surface area contributed by atoms with E-state index >= 15 is 0 Å². The number of rotatable bonds is 4. The first-order chi connectivity index (χ1) is 6.41. The first-order valence-corrected chi connectivity index (χ1v) is 4.55. The summed E-state index contributed by atoms with van der Waals surface area (Å²) in [7, 11) is 0. The van der Waals surface area contributed by atoms with E-state index in [4.69, 9.17) is 0 Å². The monoisotopic (exact) mass is 236 g/mol. The molecule has 0 N–H and O–H groups in total. The molecule has 0 nitrogen and oxygen atoms in total. The van der Waals surface area contributed by atoms with Crippen molar-refractivity contribution in [1.82, 2.24) is 0 Å². The van der Waals surface area contributed by atoms with E-state index in [2.05, 4.69) is 0 Å². The Bertz CT molecular complexity index is 168. The number of alkyl halides is 6. The molecule has 0 amide bonds. The van der Waals surface area contributed by atoms with Crippen LogP contribution in [0, 0.1) is 5.41 Å². The van der Waals surface area contributed by atoms with Crippen molar-refractivity contribution in [2.24, 2.45) is 5.41 Å². The first kappa shape index (κ1) is 14.6. The van der Waals surface area contributed by atoms with E-state index in [0.717, 1.165) is 0 Å². The molecule has 0 atom stereocenters. The summed E-state index contributed by atoms with van der Waals surface area (Å²) in [6, 6.07) is 0. The summed E-state index contributed by atoms with van der Waals surface area (Å²) in [4.78, 5) is 0. The first-order valence-electron chi connectivity index (χ1n) is 4.55. The highest BCUT2D eigenvalue weighted by molar-refractivity contribution is 4.72. The topological polar surface area (TPSA) is 0 Å². The van der Waals surface area contributed by atoms with Gasteiger partial charge in [-0.15, -0.1) is 0 Å². The molecule has 0 spiro atoms. The number of hydrogen-bond donors (Lipinski definition) is 0. The Hall–Kier alpha value is -0.420. The quantitative estimate of drug-likeness (QED) is 0.621. The zero-order valence-electron chi connectivity index (χ0n) is 8.60. The molecule has 0 heterocycles. The fourth-order valence-electron chi connectivity index (χ4n) is 1.09. The van der Waals surface area contributed by atoms with Gasteiger partial charge in [-0.2, -0.15) is 26.3 Å². The van der Waals surface area contributed by atoms with Crippen LogP contribution in [0.5, 0.6) is 0 Å². The van der Waals surface area contributed by atoms with Crippen molar-refractivity contribution in [3.05, 3.63) is 0 Å². The van der Waals surface area contributed by atoms with Crippen LogP contribution in [0.4, 0.5) is 26.3 Å². The van der Waals surface area contributed by atoms with Gasteiger partial charge in [0.1, 0.15) is 0 Å². The van der Waals surface area contributed by atoms with Crippen LogP contribution in [0.25, 0.3) is 0 Å². The predicted octanol–water partition coefficient (Wildman–Crippen LogP) is 4.70. The zero-order valence-corrected chi connectivity index (χ0v) is 8.60. The van der Waals surface area contributed by atoms with Gasteiger partial charge in [0, 0.05) is 12.8 Å². The summed E-state index contributed by atoms with van der Waals surface area (Å²) >= 11 is 0. The highest BCUT2D eigenvalue weighted by Gasteiger charge is 2.34. The van der Waals surface area contributed by atoms with Crippen molar-refractivity contribution in [1.29, 1.82) is 0 Å². The minimum Gasteiger partial charge on any atom is -0.171 e. The third kappa shape index (κ3) is 9.87. The van der Waals surface area contributed by atoms with E-state index in [9.17, 15) is 26.3 Å². The second kappa shape index (κ2) is 4.61. The van der Waals surface area contributed by atoms with Gasteiger partial charge in [0.2, 0.25) is 0 Å². The van der Waals surface area contributed by atoms with Gasteiger partial charge in [-0.05, 0) is 18.3 Å². The van der Waals surface area contributed by atoms with Gasteiger partial charge >= 0.3 is 12.4 Å². The van der Waals surface area contributed by atoms with Gasteiger partial charge < -0.3 is 0 Å². The van der Waals surface area contributed by atoms with Gasteiger partial charge in [-0.25, -0.2) is 0 Å². The number of halogens is 6. The van der Waals surface area contributed by atoms with Crippen LogP contribution in [-0.2, 0) is 0 Å². The van der Waals surface area contributed by atoms with Gasteiger partial charge in [0.05, 0.1) is 0 Å². The standard InChI is InChI=1S/C9H14F6/c1-7(2,3-5-8(10,11)12)4-6-9(13,14)15/h3-6H2,1-2H3. The molecule has 0 aliphatic rings. The Morgan fingerprint density at radius 2 is 0.867 bits per heavy atom. The molecular formula is C9H14F6. The van der Waals surface area contributed by atoms with Crippen LogP contribution < -0.4 is 0 Å². The summed E-state index contributed by atoms with van der Waals surface area (Å²) in [6.45, 7) is 2.84. The minimum absolute atomic E-state index is 0.271. The maximum absolute atomic E-state index is 11.8. The molecule has 0 aliphatic carbocycles. The highest BCUT2D eigenvalue weighted by atomic mass is 19.4. The Labute approximate surface area is 84.7 Å². The van der Waals surface area contributed by atoms with Gasteiger partial charge in [0.25, 0.3) is 0 Å². The molecule has 0 radical (unpaired) electrons. The van der Waals surface area contributed by atoms with E-state index in [1.54, 1.807) is 0 Å². The fraction of sp³-hybridized carbons (Fsp3) is 1.00. The van der Waals surface area contributed by atoms with Crippen LogP contribution in [0.15, 0.2) is 0 Å². The average molecular weight is 236 g/mol. The molecule has 0 saturated heterocycles. The third-order valence-corrected chi connectivity index (χ3v) is 2.17. The Kier molecular flexibility index (Phi) is 4.49. The Balaban J connectivity index is 3.98. The molecule has 0 aromatic carbocycles. The molecule has 6 heteroatoms. The molecule has 0 saturated carbocycles. The summed E-state index contributed by atoms with van der Waals surface area (Å²) in [6.07, 6.45) is -11.2. The van der Waals surface area contributed by atoms with Gasteiger partial charge in [-0.3, -0.25) is 0 Å². The van der Waals surface area contributed by atoms with Crippen molar-refractivity contribution in [2.45, 2.75) is 51.9 Å². The van der Waals surface area contributed by atoms with Crippen LogP contribution in [-0.4, -0.2) is 12.4 Å². The van der Waals surface area contributed by atoms with Crippen LogP contribution in [0.1, 0.15) is 39.5 Å². The molecule has 0 unspecified atom stereocenters. The molecule has 0 bridgehead atoms. The van der Waals surface area contributed by atoms with E-state index < -0.39 is 30.6 Å². The van der Waals surface area contributed by atoms with Crippen LogP contribution in [0.2, 0.25) is 0 Å². The second-order valence-corrected chi connectivity index (χ2v) is 4.39. The van der Waals surface area contributed by atoms with Crippen LogP contribution >= 0.6 is 0 Å². The molecule has 0 fully saturated rings. The fourth-order valence-corrected chi connectivity index (χ4v) is 1.09. The third-order valence-electron chi connectivity index (χ3n) is 2.17. The molecule has 92 valence electrons. The van der Waals surface area contributed by atoms with E-state index in [1.807, 2.05) is 0 Å². The molecule has 0 rings (SSSR count). The van der Waals surface area contributed by atoms with Crippen molar-refractivity contribution in [3.8, 4) is 0 Å². The summed E-state index contributed by atoms with van der Waals surface area (Å²) in [5, 5.41) is 0. The Morgan fingerprint density at radius 1 is 0.600 bits per heavy atom. The zero-order chi connectivity index (χ0) is 12.3. The smallest absolute Gasteiger partial charge is 0.171 e. The van der Waals surface area contributed by atoms with Gasteiger partial charge in [0.15, 0.2) is 0 Å². The van der Waals surface area contributed by atoms with E-state index in [-0.39, 0.29) is 12.8 Å². The lowest BCUT2D eigenvalue weighted by Crippen LogP contribution is -2.20. The average Bonchev–Trinajstić information content (AvgIpc) is 1.96. The molecular weight excluding hydrogens is 222 g/mol. The number of hydrogen-bond acceptors (Lipinski definition) is 0. The van der Waals surface area contributed by atoms with E-state index in [1.165, 1.54) is 13.8 Å².